The van der Waals surface area contributed by atoms with Crippen LogP contribution in [0, 0.1) is 5.82 Å². The van der Waals surface area contributed by atoms with Crippen molar-refractivity contribution in [2.45, 2.75) is 62.6 Å². The van der Waals surface area contributed by atoms with E-state index in [1.165, 1.54) is 42.3 Å². The van der Waals surface area contributed by atoms with Crippen LogP contribution in [0.25, 0.3) is 0 Å². The van der Waals surface area contributed by atoms with E-state index in [0.717, 1.165) is 48.5 Å². The molecule has 0 radical (unpaired) electrons. The second kappa shape index (κ2) is 14.2. The van der Waals surface area contributed by atoms with Crippen molar-refractivity contribution in [3.8, 4) is 17.2 Å². The maximum absolute atomic E-state index is 14.2. The maximum Gasteiger partial charge on any atom is 0.264 e. The lowest BCUT2D eigenvalue weighted by atomic mass is 9.95. The Labute approximate surface area is 263 Å². The summed E-state index contributed by atoms with van der Waals surface area (Å²) >= 11 is 0. The molecular weight excluding hydrogens is 601 g/mol. The number of amides is 2. The van der Waals surface area contributed by atoms with Crippen LogP contribution in [0.4, 0.5) is 10.1 Å². The molecule has 0 bridgehead atoms. The Morgan fingerprint density at radius 2 is 1.69 bits per heavy atom. The van der Waals surface area contributed by atoms with Crippen LogP contribution in [0.1, 0.15) is 44.6 Å². The first kappa shape index (κ1) is 32.1. The number of fused-ring (bicyclic) bond motifs is 1. The lowest BCUT2D eigenvalue weighted by Gasteiger charge is -2.33. The zero-order valence-electron chi connectivity index (χ0n) is 25.4. The van der Waals surface area contributed by atoms with Gasteiger partial charge in [0.25, 0.3) is 10.0 Å². The molecule has 0 saturated heterocycles. The predicted molar refractivity (Wildman–Crippen MR) is 166 cm³/mol. The largest absolute Gasteiger partial charge is 0.497 e. The van der Waals surface area contributed by atoms with E-state index in [9.17, 15) is 22.4 Å². The highest BCUT2D eigenvalue weighted by molar-refractivity contribution is 7.92. The van der Waals surface area contributed by atoms with Crippen molar-refractivity contribution >= 4 is 27.5 Å². The number of methoxy groups -OCH3 is 1. The molecule has 2 amide bonds. The number of hydrogen-bond donors (Lipinski definition) is 1. The van der Waals surface area contributed by atoms with Crippen molar-refractivity contribution in [1.82, 2.24) is 10.2 Å². The number of hydrogen-bond acceptors (Lipinski definition) is 7. The van der Waals surface area contributed by atoms with E-state index in [4.69, 9.17) is 14.2 Å². The number of ether oxygens (including phenoxy) is 3. The Kier molecular flexibility index (Phi) is 10.1. The Morgan fingerprint density at radius 3 is 2.40 bits per heavy atom. The Morgan fingerprint density at radius 1 is 0.978 bits per heavy atom. The zero-order chi connectivity index (χ0) is 32.0. The minimum Gasteiger partial charge on any atom is -0.497 e. The number of benzene rings is 3. The normalized spacial score (nSPS) is 15.5. The molecule has 12 heteroatoms. The van der Waals surface area contributed by atoms with Crippen LogP contribution in [-0.2, 0) is 26.2 Å². The van der Waals surface area contributed by atoms with Gasteiger partial charge in [-0.15, -0.1) is 0 Å². The first-order valence-electron chi connectivity index (χ1n) is 15.1. The average molecular weight is 640 g/mol. The van der Waals surface area contributed by atoms with Crippen LogP contribution in [0.15, 0.2) is 71.6 Å². The number of nitrogens with one attached hydrogen (secondary N) is 1. The molecule has 10 nitrogen and oxygen atoms in total. The van der Waals surface area contributed by atoms with Gasteiger partial charge in [0, 0.05) is 18.7 Å². The van der Waals surface area contributed by atoms with E-state index in [2.05, 4.69) is 5.32 Å². The van der Waals surface area contributed by atoms with Gasteiger partial charge in [-0.25, -0.2) is 12.8 Å². The van der Waals surface area contributed by atoms with Crippen LogP contribution >= 0.6 is 0 Å². The number of nitrogens with zero attached hydrogens (tertiary/aromatic N) is 2. The van der Waals surface area contributed by atoms with Gasteiger partial charge >= 0.3 is 0 Å². The van der Waals surface area contributed by atoms with Gasteiger partial charge < -0.3 is 24.4 Å². The quantitative estimate of drug-likeness (QED) is 0.325. The summed E-state index contributed by atoms with van der Waals surface area (Å²) in [6, 6.07) is 15.3. The van der Waals surface area contributed by atoms with Crippen LogP contribution in [0.3, 0.4) is 0 Å². The molecule has 1 unspecified atom stereocenters. The monoisotopic (exact) mass is 639 g/mol. The average Bonchev–Trinajstić information content (AvgIpc) is 3.06. The van der Waals surface area contributed by atoms with Gasteiger partial charge in [0.2, 0.25) is 11.8 Å². The Balaban J connectivity index is 1.48. The summed E-state index contributed by atoms with van der Waals surface area (Å²) in [6.45, 7) is 1.61. The lowest BCUT2D eigenvalue weighted by molar-refractivity contribution is -0.139. The summed E-state index contributed by atoms with van der Waals surface area (Å²) in [5.41, 5.74) is 0.781. The molecule has 0 aromatic heterocycles. The third kappa shape index (κ3) is 7.67. The van der Waals surface area contributed by atoms with Crippen molar-refractivity contribution in [1.29, 1.82) is 0 Å². The molecule has 1 aliphatic heterocycles. The van der Waals surface area contributed by atoms with Gasteiger partial charge in [0.15, 0.2) is 11.5 Å². The van der Waals surface area contributed by atoms with Gasteiger partial charge in [-0.2, -0.15) is 0 Å². The first-order chi connectivity index (χ1) is 21.7. The molecule has 5 rings (SSSR count). The van der Waals surface area contributed by atoms with E-state index < -0.39 is 34.3 Å². The second-order valence-corrected chi connectivity index (χ2v) is 13.0. The number of sulfonamides is 1. The molecule has 240 valence electrons. The molecule has 1 aliphatic carbocycles. The summed E-state index contributed by atoms with van der Waals surface area (Å²) in [6.07, 6.45) is 4.91. The van der Waals surface area contributed by atoms with Gasteiger partial charge in [-0.1, -0.05) is 31.4 Å². The second-order valence-electron chi connectivity index (χ2n) is 11.2. The molecule has 2 aliphatic rings. The number of rotatable bonds is 11. The van der Waals surface area contributed by atoms with E-state index in [1.807, 2.05) is 0 Å². The van der Waals surface area contributed by atoms with Gasteiger partial charge in [0.05, 0.1) is 17.7 Å². The molecular formula is C33H38FN3O7S. The number of carbonyl (C=O) groups is 2. The molecule has 1 saturated carbocycles. The standard InChI is InChI=1S/C33H38FN3O7S/c1-23(33(39)35-26-8-4-3-5-9-26)36(21-24-7-6-10-28(19-24)42-2)32(38)22-37(27-13-11-25(34)12-14-27)45(40,41)29-15-16-30-31(20-29)44-18-17-43-30/h6-7,10-16,19-20,23,26H,3-5,8-9,17-18,21-22H2,1-2H3,(H,35,39). The molecule has 3 aromatic rings. The zero-order valence-corrected chi connectivity index (χ0v) is 26.2. The van der Waals surface area contributed by atoms with E-state index in [1.54, 1.807) is 31.2 Å². The SMILES string of the molecule is COc1cccc(CN(C(=O)CN(c2ccc(F)cc2)S(=O)(=O)c2ccc3c(c2)OCCO3)C(C)C(=O)NC2CCCCC2)c1. The van der Waals surface area contributed by atoms with Crippen molar-refractivity contribution < 1.29 is 36.6 Å². The third-order valence-corrected chi connectivity index (χ3v) is 9.87. The molecule has 3 aromatic carbocycles. The number of anilines is 1. The van der Waals surface area contributed by atoms with Crippen LogP contribution < -0.4 is 23.8 Å². The van der Waals surface area contributed by atoms with Crippen LogP contribution in [0.5, 0.6) is 17.2 Å². The molecule has 1 N–H and O–H groups in total. The fraction of sp³-hybridized carbons (Fsp3) is 0.394. The lowest BCUT2D eigenvalue weighted by Crippen LogP contribution is -2.53. The Hall–Kier alpha value is -4.32. The summed E-state index contributed by atoms with van der Waals surface area (Å²) in [5.74, 6) is -0.245. The minimum absolute atomic E-state index is 0.0220. The van der Waals surface area contributed by atoms with Crippen molar-refractivity contribution in [3.05, 3.63) is 78.1 Å². The van der Waals surface area contributed by atoms with Crippen LogP contribution in [-0.4, -0.2) is 64.1 Å². The van der Waals surface area contributed by atoms with Gasteiger partial charge in [-0.05, 0) is 73.9 Å². The summed E-state index contributed by atoms with van der Waals surface area (Å²) < 4.78 is 59.6. The molecule has 1 fully saturated rings. The Bertz CT molecular complexity index is 1610. The van der Waals surface area contributed by atoms with Crippen LogP contribution in [0.2, 0.25) is 0 Å². The van der Waals surface area contributed by atoms with Crippen molar-refractivity contribution in [2.75, 3.05) is 31.2 Å². The summed E-state index contributed by atoms with van der Waals surface area (Å²) in [4.78, 5) is 28.9. The molecule has 0 spiro atoms. The summed E-state index contributed by atoms with van der Waals surface area (Å²) in [7, 11) is -2.84. The van der Waals surface area contributed by atoms with Gasteiger partial charge in [0.1, 0.15) is 37.4 Å². The fourth-order valence-corrected chi connectivity index (χ4v) is 7.00. The topological polar surface area (TPSA) is 114 Å². The maximum atomic E-state index is 14.2. The number of carbonyl (C=O) groups excluding carboxylic acids is 2. The highest BCUT2D eigenvalue weighted by atomic mass is 32.2. The minimum atomic E-state index is -4.37. The summed E-state index contributed by atoms with van der Waals surface area (Å²) in [5, 5.41) is 3.08. The van der Waals surface area contributed by atoms with Crippen molar-refractivity contribution in [3.63, 3.8) is 0 Å². The fourth-order valence-electron chi connectivity index (χ4n) is 5.57. The first-order valence-corrected chi connectivity index (χ1v) is 16.5. The van der Waals surface area contributed by atoms with Gasteiger partial charge in [-0.3, -0.25) is 13.9 Å². The predicted octanol–water partition coefficient (Wildman–Crippen LogP) is 4.67. The number of halogens is 1. The van der Waals surface area contributed by atoms with E-state index >= 15 is 0 Å². The molecule has 1 heterocycles. The molecule has 1 atom stereocenters. The smallest absolute Gasteiger partial charge is 0.264 e. The highest BCUT2D eigenvalue weighted by Crippen LogP contribution is 2.34. The third-order valence-electron chi connectivity index (χ3n) is 8.10. The van der Waals surface area contributed by atoms with Crippen molar-refractivity contribution in [2.24, 2.45) is 0 Å². The highest BCUT2D eigenvalue weighted by Gasteiger charge is 2.34. The van der Waals surface area contributed by atoms with E-state index in [0.29, 0.717) is 23.7 Å². The molecule has 45 heavy (non-hydrogen) atoms. The van der Waals surface area contributed by atoms with E-state index in [-0.39, 0.29) is 41.4 Å².